The van der Waals surface area contributed by atoms with E-state index in [1.54, 1.807) is 30.6 Å². The molecule has 6 nitrogen and oxygen atoms in total. The second-order valence-electron chi connectivity index (χ2n) is 6.01. The summed E-state index contributed by atoms with van der Waals surface area (Å²) in [5, 5.41) is 12.7. The van der Waals surface area contributed by atoms with Gasteiger partial charge in [-0.05, 0) is 40.5 Å². The lowest BCUT2D eigenvalue weighted by atomic mass is 10.0. The topological polar surface area (TPSA) is 101 Å². The summed E-state index contributed by atoms with van der Waals surface area (Å²) in [4.78, 5) is 0. The lowest BCUT2D eigenvalue weighted by Crippen LogP contribution is -2.21. The maximum Gasteiger partial charge on any atom is 0.211 e. The molecular formula is C21H18Cl2N6. The Hall–Kier alpha value is -3.35. The lowest BCUT2D eigenvalue weighted by Gasteiger charge is -2.04. The minimum Gasteiger partial charge on any atom is -0.369 e. The third kappa shape index (κ3) is 6.07. The Labute approximate surface area is 178 Å². The number of hydrogen-bond donors (Lipinski definition) is 3. The highest BCUT2D eigenvalue weighted by Gasteiger charge is 2.00. The smallest absolute Gasteiger partial charge is 0.211 e. The number of nitrogens with zero attached hydrogens (tertiary/aromatic N) is 3. The maximum absolute atomic E-state index is 6.11. The summed E-state index contributed by atoms with van der Waals surface area (Å²) in [6.45, 7) is 0. The Morgan fingerprint density at radius 3 is 1.93 bits per heavy atom. The number of rotatable bonds is 6. The molecule has 0 radical (unpaired) electrons. The van der Waals surface area contributed by atoms with E-state index in [2.05, 4.69) is 20.7 Å². The van der Waals surface area contributed by atoms with E-state index in [0.29, 0.717) is 15.7 Å². The van der Waals surface area contributed by atoms with Gasteiger partial charge in [0.1, 0.15) is 0 Å². The van der Waals surface area contributed by atoms with Crippen molar-refractivity contribution in [1.82, 2.24) is 0 Å². The van der Waals surface area contributed by atoms with Gasteiger partial charge in [0.05, 0.1) is 23.1 Å². The van der Waals surface area contributed by atoms with Crippen LogP contribution in [0.2, 0.25) is 10.0 Å². The standard InChI is InChI=1S/C21H18Cl2N6/c22-18-9-10-20(19(23)11-18)28-26-12-14-1-5-16(6-2-14)17-7-3-15(4-8-17)13-27-29-21(24)25/h1-13,28H,(H4,24,25,29)/b26-12+,27-13?. The monoisotopic (exact) mass is 424 g/mol. The highest BCUT2D eigenvalue weighted by molar-refractivity contribution is 6.36. The zero-order valence-corrected chi connectivity index (χ0v) is 16.8. The highest BCUT2D eigenvalue weighted by Crippen LogP contribution is 2.25. The Balaban J connectivity index is 1.63. The van der Waals surface area contributed by atoms with Gasteiger partial charge < -0.3 is 11.5 Å². The van der Waals surface area contributed by atoms with Crippen LogP contribution in [0.4, 0.5) is 5.69 Å². The molecule has 146 valence electrons. The van der Waals surface area contributed by atoms with E-state index < -0.39 is 0 Å². The zero-order valence-electron chi connectivity index (χ0n) is 15.3. The third-order valence-corrected chi connectivity index (χ3v) is 4.41. The molecule has 3 rings (SSSR count). The van der Waals surface area contributed by atoms with Crippen molar-refractivity contribution in [2.45, 2.75) is 0 Å². The molecule has 29 heavy (non-hydrogen) atoms. The molecule has 0 aromatic heterocycles. The van der Waals surface area contributed by atoms with Crippen LogP contribution in [0.3, 0.4) is 0 Å². The fourth-order valence-electron chi connectivity index (χ4n) is 2.44. The number of hydrogen-bond acceptors (Lipinski definition) is 4. The predicted octanol–water partition coefficient (Wildman–Crippen LogP) is 4.71. The van der Waals surface area contributed by atoms with Gasteiger partial charge in [0, 0.05) is 5.02 Å². The Morgan fingerprint density at radius 1 is 0.793 bits per heavy atom. The molecule has 0 saturated carbocycles. The van der Waals surface area contributed by atoms with Crippen LogP contribution in [0, 0.1) is 0 Å². The quantitative estimate of drug-likeness (QED) is 0.303. The van der Waals surface area contributed by atoms with Gasteiger partial charge in [0.2, 0.25) is 5.96 Å². The van der Waals surface area contributed by atoms with E-state index in [4.69, 9.17) is 34.7 Å². The molecule has 0 saturated heterocycles. The lowest BCUT2D eigenvalue weighted by molar-refractivity contribution is 1.21. The summed E-state index contributed by atoms with van der Waals surface area (Å²) >= 11 is 12.0. The van der Waals surface area contributed by atoms with Crippen LogP contribution in [0.5, 0.6) is 0 Å². The van der Waals surface area contributed by atoms with Crippen molar-refractivity contribution in [3.05, 3.63) is 87.9 Å². The molecule has 3 aromatic rings. The van der Waals surface area contributed by atoms with Crippen LogP contribution >= 0.6 is 23.2 Å². The van der Waals surface area contributed by atoms with Crippen LogP contribution in [0.15, 0.2) is 82.0 Å². The largest absolute Gasteiger partial charge is 0.369 e. The van der Waals surface area contributed by atoms with Gasteiger partial charge in [-0.1, -0.05) is 71.7 Å². The van der Waals surface area contributed by atoms with Crippen LogP contribution in [0.1, 0.15) is 11.1 Å². The third-order valence-electron chi connectivity index (χ3n) is 3.86. The van der Waals surface area contributed by atoms with Crippen molar-refractivity contribution in [3.8, 4) is 11.1 Å². The summed E-state index contributed by atoms with van der Waals surface area (Å²) in [6.07, 6.45) is 3.31. The molecule has 8 heteroatoms. The summed E-state index contributed by atoms with van der Waals surface area (Å²) in [6, 6.07) is 21.1. The minimum atomic E-state index is -0.0760. The number of nitrogens with one attached hydrogen (secondary N) is 1. The molecule has 0 heterocycles. The SMILES string of the molecule is NC(N)=NN=Cc1ccc(-c2ccc(/C=N/Nc3ccc(Cl)cc3Cl)cc2)cc1. The van der Waals surface area contributed by atoms with Gasteiger partial charge >= 0.3 is 0 Å². The zero-order chi connectivity index (χ0) is 20.6. The summed E-state index contributed by atoms with van der Waals surface area (Å²) < 4.78 is 0. The molecule has 0 fully saturated rings. The van der Waals surface area contributed by atoms with E-state index in [1.807, 2.05) is 48.5 Å². The van der Waals surface area contributed by atoms with Gasteiger partial charge in [0.15, 0.2) is 0 Å². The van der Waals surface area contributed by atoms with E-state index in [0.717, 1.165) is 22.3 Å². The van der Waals surface area contributed by atoms with E-state index in [1.165, 1.54) is 0 Å². The van der Waals surface area contributed by atoms with E-state index in [9.17, 15) is 0 Å². The molecular weight excluding hydrogens is 407 g/mol. The first-order valence-corrected chi connectivity index (χ1v) is 9.33. The van der Waals surface area contributed by atoms with Gasteiger partial charge in [0.25, 0.3) is 0 Å². The molecule has 0 atom stereocenters. The molecule has 0 spiro atoms. The first-order chi connectivity index (χ1) is 14.0. The first-order valence-electron chi connectivity index (χ1n) is 8.58. The fourth-order valence-corrected chi connectivity index (χ4v) is 2.89. The maximum atomic E-state index is 6.11. The van der Waals surface area contributed by atoms with E-state index in [-0.39, 0.29) is 5.96 Å². The summed E-state index contributed by atoms with van der Waals surface area (Å²) in [5.41, 5.74) is 18.1. The molecule has 0 unspecified atom stereocenters. The fraction of sp³-hybridized carbons (Fsp3) is 0. The van der Waals surface area contributed by atoms with Gasteiger partial charge in [-0.3, -0.25) is 5.43 Å². The highest BCUT2D eigenvalue weighted by atomic mass is 35.5. The van der Waals surface area contributed by atoms with Crippen LogP contribution < -0.4 is 16.9 Å². The number of guanidine groups is 1. The predicted molar refractivity (Wildman–Crippen MR) is 123 cm³/mol. The minimum absolute atomic E-state index is 0.0760. The van der Waals surface area contributed by atoms with Crippen LogP contribution in [-0.2, 0) is 0 Å². The Morgan fingerprint density at radius 2 is 1.38 bits per heavy atom. The van der Waals surface area contributed by atoms with Crippen molar-refractivity contribution in [3.63, 3.8) is 0 Å². The van der Waals surface area contributed by atoms with Crippen LogP contribution in [-0.4, -0.2) is 18.4 Å². The van der Waals surface area contributed by atoms with Crippen molar-refractivity contribution >= 4 is 47.3 Å². The molecule has 0 bridgehead atoms. The average molecular weight is 425 g/mol. The second-order valence-corrected chi connectivity index (χ2v) is 6.85. The van der Waals surface area contributed by atoms with Gasteiger partial charge in [-0.2, -0.15) is 10.2 Å². The molecule has 0 amide bonds. The normalized spacial score (nSPS) is 11.1. The number of halogens is 2. The van der Waals surface area contributed by atoms with Crippen LogP contribution in [0.25, 0.3) is 11.1 Å². The van der Waals surface area contributed by atoms with Crippen molar-refractivity contribution < 1.29 is 0 Å². The number of anilines is 1. The molecule has 0 aliphatic heterocycles. The molecule has 3 aromatic carbocycles. The first kappa shape index (κ1) is 20.4. The van der Waals surface area contributed by atoms with Gasteiger partial charge in [-0.25, -0.2) is 0 Å². The van der Waals surface area contributed by atoms with Crippen molar-refractivity contribution in [2.75, 3.05) is 5.43 Å². The van der Waals surface area contributed by atoms with E-state index >= 15 is 0 Å². The van der Waals surface area contributed by atoms with Crippen molar-refractivity contribution in [1.29, 1.82) is 0 Å². The van der Waals surface area contributed by atoms with Gasteiger partial charge in [-0.15, -0.1) is 5.10 Å². The molecule has 5 N–H and O–H groups in total. The Bertz CT molecular complexity index is 1050. The number of nitrogens with two attached hydrogens (primary N) is 2. The molecule has 0 aliphatic carbocycles. The summed E-state index contributed by atoms with van der Waals surface area (Å²) in [7, 11) is 0. The number of hydrazone groups is 1. The number of benzene rings is 3. The average Bonchev–Trinajstić information content (AvgIpc) is 2.70. The van der Waals surface area contributed by atoms with Crippen molar-refractivity contribution in [2.24, 2.45) is 26.8 Å². The Kier molecular flexibility index (Phi) is 6.84. The molecule has 0 aliphatic rings. The summed E-state index contributed by atoms with van der Waals surface area (Å²) in [5.74, 6) is -0.0760. The second kappa shape index (κ2) is 9.73.